The normalized spacial score (nSPS) is 17.3. The van der Waals surface area contributed by atoms with Crippen LogP contribution in [0.4, 0.5) is 5.69 Å². The molecule has 0 aromatic heterocycles. The zero-order valence-electron chi connectivity index (χ0n) is 13.8. The van der Waals surface area contributed by atoms with Crippen molar-refractivity contribution >= 4 is 5.69 Å². The van der Waals surface area contributed by atoms with Gasteiger partial charge in [0.1, 0.15) is 0 Å². The maximum absolute atomic E-state index is 9.93. The Balaban J connectivity index is 2.02. The second-order valence-electron chi connectivity index (χ2n) is 6.74. The lowest BCUT2D eigenvalue weighted by molar-refractivity contribution is 0.0345. The van der Waals surface area contributed by atoms with E-state index in [0.717, 1.165) is 39.3 Å². The molecule has 118 valence electrons. The van der Waals surface area contributed by atoms with E-state index in [4.69, 9.17) is 0 Å². The third kappa shape index (κ3) is 4.70. The molecule has 0 aliphatic carbocycles. The SMILES string of the molecule is CNCc1cc(C)ccc1N1CCN(CC(C)(C)O)CC1. The highest BCUT2D eigenvalue weighted by Gasteiger charge is 2.23. The highest BCUT2D eigenvalue weighted by molar-refractivity contribution is 5.55. The number of benzene rings is 1. The van der Waals surface area contributed by atoms with Gasteiger partial charge in [-0.25, -0.2) is 0 Å². The number of piperazine rings is 1. The lowest BCUT2D eigenvalue weighted by Crippen LogP contribution is -2.50. The molecule has 1 aromatic rings. The number of aliphatic hydroxyl groups is 1. The summed E-state index contributed by atoms with van der Waals surface area (Å²) in [4.78, 5) is 4.81. The first kappa shape index (κ1) is 16.3. The van der Waals surface area contributed by atoms with E-state index in [-0.39, 0.29) is 0 Å². The third-order valence-corrected chi connectivity index (χ3v) is 3.93. The summed E-state index contributed by atoms with van der Waals surface area (Å²) in [6, 6.07) is 6.71. The Morgan fingerprint density at radius 1 is 1.19 bits per heavy atom. The van der Waals surface area contributed by atoms with E-state index in [1.807, 2.05) is 20.9 Å². The third-order valence-electron chi connectivity index (χ3n) is 3.93. The zero-order valence-corrected chi connectivity index (χ0v) is 13.8. The Labute approximate surface area is 128 Å². The van der Waals surface area contributed by atoms with E-state index >= 15 is 0 Å². The summed E-state index contributed by atoms with van der Waals surface area (Å²) >= 11 is 0. The average Bonchev–Trinajstić information content (AvgIpc) is 2.39. The fraction of sp³-hybridized carbons (Fsp3) is 0.647. The average molecular weight is 291 g/mol. The first-order valence-corrected chi connectivity index (χ1v) is 7.83. The smallest absolute Gasteiger partial charge is 0.0718 e. The number of hydrogen-bond acceptors (Lipinski definition) is 4. The van der Waals surface area contributed by atoms with Gasteiger partial charge in [-0.1, -0.05) is 17.7 Å². The van der Waals surface area contributed by atoms with Crippen LogP contribution in [0.15, 0.2) is 18.2 Å². The molecule has 0 saturated carbocycles. The summed E-state index contributed by atoms with van der Waals surface area (Å²) in [6.07, 6.45) is 0. The minimum Gasteiger partial charge on any atom is -0.389 e. The molecule has 2 N–H and O–H groups in total. The van der Waals surface area contributed by atoms with Crippen molar-refractivity contribution < 1.29 is 5.11 Å². The molecule has 1 saturated heterocycles. The van der Waals surface area contributed by atoms with Crippen molar-refractivity contribution in [3.63, 3.8) is 0 Å². The number of aryl methyl sites for hydroxylation is 1. The maximum Gasteiger partial charge on any atom is 0.0718 e. The van der Waals surface area contributed by atoms with Crippen LogP contribution >= 0.6 is 0 Å². The second kappa shape index (κ2) is 6.77. The fourth-order valence-corrected chi connectivity index (χ4v) is 3.05. The van der Waals surface area contributed by atoms with Crippen molar-refractivity contribution in [1.82, 2.24) is 10.2 Å². The van der Waals surface area contributed by atoms with Gasteiger partial charge in [-0.15, -0.1) is 0 Å². The Hall–Kier alpha value is -1.10. The topological polar surface area (TPSA) is 38.7 Å². The Morgan fingerprint density at radius 3 is 2.43 bits per heavy atom. The highest BCUT2D eigenvalue weighted by atomic mass is 16.3. The van der Waals surface area contributed by atoms with Gasteiger partial charge in [-0.05, 0) is 39.4 Å². The van der Waals surface area contributed by atoms with Crippen molar-refractivity contribution in [2.75, 3.05) is 44.7 Å². The second-order valence-corrected chi connectivity index (χ2v) is 6.74. The summed E-state index contributed by atoms with van der Waals surface area (Å²) < 4.78 is 0. The van der Waals surface area contributed by atoms with Crippen LogP contribution in [0.1, 0.15) is 25.0 Å². The molecule has 0 bridgehead atoms. The Morgan fingerprint density at radius 2 is 1.86 bits per heavy atom. The molecular formula is C17H29N3O. The molecule has 1 aliphatic rings. The van der Waals surface area contributed by atoms with Gasteiger partial charge in [-0.3, -0.25) is 4.90 Å². The maximum atomic E-state index is 9.93. The van der Waals surface area contributed by atoms with Crippen LogP contribution in [0, 0.1) is 6.92 Å². The Kier molecular flexibility index (Phi) is 5.25. The number of rotatable bonds is 5. The molecule has 2 rings (SSSR count). The molecule has 1 aliphatic heterocycles. The van der Waals surface area contributed by atoms with Crippen LogP contribution in [0.5, 0.6) is 0 Å². The summed E-state index contributed by atoms with van der Waals surface area (Å²) in [6.45, 7) is 11.6. The quantitative estimate of drug-likeness (QED) is 0.864. The number of nitrogens with zero attached hydrogens (tertiary/aromatic N) is 2. The predicted octanol–water partition coefficient (Wildman–Crippen LogP) is 1.61. The molecule has 0 radical (unpaired) electrons. The van der Waals surface area contributed by atoms with Crippen LogP contribution in [0.25, 0.3) is 0 Å². The first-order chi connectivity index (χ1) is 9.89. The van der Waals surface area contributed by atoms with Crippen molar-refractivity contribution in [1.29, 1.82) is 0 Å². The van der Waals surface area contributed by atoms with E-state index in [1.165, 1.54) is 16.8 Å². The lowest BCUT2D eigenvalue weighted by Gasteiger charge is -2.39. The van der Waals surface area contributed by atoms with E-state index in [2.05, 4.69) is 40.2 Å². The molecule has 0 unspecified atom stereocenters. The van der Waals surface area contributed by atoms with Crippen LogP contribution in [0.3, 0.4) is 0 Å². The van der Waals surface area contributed by atoms with Gasteiger partial charge in [0.05, 0.1) is 5.60 Å². The van der Waals surface area contributed by atoms with Crippen molar-refractivity contribution in [3.8, 4) is 0 Å². The number of anilines is 1. The van der Waals surface area contributed by atoms with E-state index in [9.17, 15) is 5.11 Å². The van der Waals surface area contributed by atoms with Gasteiger partial charge >= 0.3 is 0 Å². The first-order valence-electron chi connectivity index (χ1n) is 7.83. The number of β-amino-alcohol motifs (C(OH)–C–C–N with tert-alkyl or cyclic N) is 1. The van der Waals surface area contributed by atoms with Gasteiger partial charge < -0.3 is 15.3 Å². The van der Waals surface area contributed by atoms with Gasteiger partial charge in [0.15, 0.2) is 0 Å². The molecule has 4 heteroatoms. The Bertz CT molecular complexity index is 460. The standard InChI is InChI=1S/C17H29N3O/c1-14-5-6-16(15(11-14)12-18-4)20-9-7-19(8-10-20)13-17(2,3)21/h5-6,11,18,21H,7-10,12-13H2,1-4H3. The van der Waals surface area contributed by atoms with Crippen molar-refractivity contribution in [2.24, 2.45) is 0 Å². The number of hydrogen-bond donors (Lipinski definition) is 2. The van der Waals surface area contributed by atoms with Crippen LogP contribution in [0.2, 0.25) is 0 Å². The van der Waals surface area contributed by atoms with Gasteiger partial charge in [0, 0.05) is 45.0 Å². The molecule has 21 heavy (non-hydrogen) atoms. The van der Waals surface area contributed by atoms with E-state index in [1.54, 1.807) is 0 Å². The van der Waals surface area contributed by atoms with E-state index in [0.29, 0.717) is 0 Å². The summed E-state index contributed by atoms with van der Waals surface area (Å²) in [5, 5.41) is 13.2. The van der Waals surface area contributed by atoms with Crippen LogP contribution < -0.4 is 10.2 Å². The van der Waals surface area contributed by atoms with E-state index < -0.39 is 5.60 Å². The molecule has 4 nitrogen and oxygen atoms in total. The summed E-state index contributed by atoms with van der Waals surface area (Å²) in [7, 11) is 1.99. The molecule has 1 heterocycles. The zero-order chi connectivity index (χ0) is 15.5. The molecule has 0 atom stereocenters. The van der Waals surface area contributed by atoms with Gasteiger partial charge in [0.2, 0.25) is 0 Å². The fourth-order valence-electron chi connectivity index (χ4n) is 3.05. The minimum atomic E-state index is -0.608. The van der Waals surface area contributed by atoms with Crippen LogP contribution in [-0.2, 0) is 6.54 Å². The summed E-state index contributed by atoms with van der Waals surface area (Å²) in [5.74, 6) is 0. The molecule has 0 amide bonds. The summed E-state index contributed by atoms with van der Waals surface area (Å²) in [5.41, 5.74) is 3.42. The predicted molar refractivity (Wildman–Crippen MR) is 88.9 cm³/mol. The van der Waals surface area contributed by atoms with Crippen molar-refractivity contribution in [2.45, 2.75) is 32.9 Å². The van der Waals surface area contributed by atoms with Crippen LogP contribution in [-0.4, -0.2) is 55.4 Å². The molecule has 0 spiro atoms. The molecular weight excluding hydrogens is 262 g/mol. The van der Waals surface area contributed by atoms with Gasteiger partial charge in [-0.2, -0.15) is 0 Å². The molecule has 1 aromatic carbocycles. The monoisotopic (exact) mass is 291 g/mol. The van der Waals surface area contributed by atoms with Gasteiger partial charge in [0.25, 0.3) is 0 Å². The molecule has 1 fully saturated rings. The number of nitrogens with one attached hydrogen (secondary N) is 1. The lowest BCUT2D eigenvalue weighted by atomic mass is 10.1. The highest BCUT2D eigenvalue weighted by Crippen LogP contribution is 2.23. The largest absolute Gasteiger partial charge is 0.389 e. The van der Waals surface area contributed by atoms with Crippen molar-refractivity contribution in [3.05, 3.63) is 29.3 Å². The minimum absolute atomic E-state index is 0.608.